The van der Waals surface area contributed by atoms with Crippen molar-refractivity contribution in [2.45, 2.75) is 19.9 Å². The van der Waals surface area contributed by atoms with Crippen LogP contribution in [0.15, 0.2) is 46.9 Å². The molecule has 0 aliphatic carbocycles. The van der Waals surface area contributed by atoms with Crippen LogP contribution in [-0.2, 0) is 4.79 Å². The van der Waals surface area contributed by atoms with Gasteiger partial charge in [0.05, 0.1) is 6.04 Å². The average Bonchev–Trinajstić information content (AvgIpc) is 2.96. The summed E-state index contributed by atoms with van der Waals surface area (Å²) in [6.07, 6.45) is 0. The maximum Gasteiger partial charge on any atom is 0.341 e. The first-order valence-electron chi connectivity index (χ1n) is 8.29. The monoisotopic (exact) mass is 371 g/mol. The summed E-state index contributed by atoms with van der Waals surface area (Å²) < 4.78 is 24.3. The van der Waals surface area contributed by atoms with E-state index in [9.17, 15) is 14.0 Å². The van der Waals surface area contributed by atoms with E-state index in [-0.39, 0.29) is 17.5 Å². The van der Waals surface area contributed by atoms with Crippen LogP contribution in [0, 0.1) is 12.7 Å². The topological polar surface area (TPSA) is 88.8 Å². The fraction of sp³-hybridized carbons (Fsp3) is 0.200. The van der Waals surface area contributed by atoms with Crippen molar-refractivity contribution in [3.05, 3.63) is 65.2 Å². The number of carboxylic acids is 1. The van der Waals surface area contributed by atoms with Crippen LogP contribution in [-0.4, -0.2) is 23.6 Å². The van der Waals surface area contributed by atoms with Gasteiger partial charge in [-0.1, -0.05) is 6.07 Å². The van der Waals surface area contributed by atoms with E-state index < -0.39 is 18.6 Å². The lowest BCUT2D eigenvalue weighted by Crippen LogP contribution is -2.26. The highest BCUT2D eigenvalue weighted by atomic mass is 19.1. The second-order valence-electron chi connectivity index (χ2n) is 6.14. The Bertz CT molecular complexity index is 1010. The number of amides is 1. The SMILES string of the molecule is Cc1c([C@H](C)NC(=O)c2cccc(OCC(=O)O)c2)oc2ccc(F)cc12. The van der Waals surface area contributed by atoms with Crippen molar-refractivity contribution in [3.63, 3.8) is 0 Å². The molecule has 1 atom stereocenters. The summed E-state index contributed by atoms with van der Waals surface area (Å²) in [5, 5.41) is 12.1. The van der Waals surface area contributed by atoms with Crippen molar-refractivity contribution in [1.29, 1.82) is 0 Å². The van der Waals surface area contributed by atoms with Gasteiger partial charge in [-0.15, -0.1) is 0 Å². The van der Waals surface area contributed by atoms with E-state index >= 15 is 0 Å². The molecule has 0 bridgehead atoms. The smallest absolute Gasteiger partial charge is 0.341 e. The Morgan fingerprint density at radius 2 is 2.04 bits per heavy atom. The Balaban J connectivity index is 1.77. The number of ether oxygens (including phenoxy) is 1. The highest BCUT2D eigenvalue weighted by Crippen LogP contribution is 2.30. The summed E-state index contributed by atoms with van der Waals surface area (Å²) in [6.45, 7) is 3.09. The predicted molar refractivity (Wildman–Crippen MR) is 96.4 cm³/mol. The van der Waals surface area contributed by atoms with Gasteiger partial charge in [-0.2, -0.15) is 0 Å². The zero-order chi connectivity index (χ0) is 19.6. The van der Waals surface area contributed by atoms with Gasteiger partial charge in [-0.05, 0) is 50.2 Å². The van der Waals surface area contributed by atoms with Gasteiger partial charge >= 0.3 is 5.97 Å². The third kappa shape index (κ3) is 4.08. The van der Waals surface area contributed by atoms with Crippen molar-refractivity contribution in [2.24, 2.45) is 0 Å². The molecule has 1 amide bonds. The molecular weight excluding hydrogens is 353 g/mol. The first-order valence-corrected chi connectivity index (χ1v) is 8.29. The van der Waals surface area contributed by atoms with E-state index in [2.05, 4.69) is 5.32 Å². The van der Waals surface area contributed by atoms with E-state index in [1.807, 2.05) is 6.92 Å². The molecule has 0 aliphatic rings. The molecular formula is C20H18FNO5. The maximum absolute atomic E-state index is 13.4. The minimum Gasteiger partial charge on any atom is -0.482 e. The summed E-state index contributed by atoms with van der Waals surface area (Å²) in [7, 11) is 0. The van der Waals surface area contributed by atoms with Gasteiger partial charge in [0.2, 0.25) is 0 Å². The second-order valence-corrected chi connectivity index (χ2v) is 6.14. The van der Waals surface area contributed by atoms with Gasteiger partial charge < -0.3 is 19.6 Å². The summed E-state index contributed by atoms with van der Waals surface area (Å²) in [5.74, 6) is -0.993. The lowest BCUT2D eigenvalue weighted by Gasteiger charge is -2.13. The van der Waals surface area contributed by atoms with Crippen LogP contribution in [0.25, 0.3) is 11.0 Å². The number of hydrogen-bond donors (Lipinski definition) is 2. The molecule has 3 aromatic rings. The number of furan rings is 1. The van der Waals surface area contributed by atoms with Crippen molar-refractivity contribution in [3.8, 4) is 5.75 Å². The van der Waals surface area contributed by atoms with E-state index in [0.29, 0.717) is 22.3 Å². The Morgan fingerprint density at radius 1 is 1.26 bits per heavy atom. The number of hydrogen-bond acceptors (Lipinski definition) is 4. The van der Waals surface area contributed by atoms with Crippen molar-refractivity contribution >= 4 is 22.8 Å². The highest BCUT2D eigenvalue weighted by Gasteiger charge is 2.19. The van der Waals surface area contributed by atoms with Crippen LogP contribution in [0.3, 0.4) is 0 Å². The van der Waals surface area contributed by atoms with Crippen molar-refractivity contribution in [1.82, 2.24) is 5.32 Å². The Hall–Kier alpha value is -3.35. The van der Waals surface area contributed by atoms with Gasteiger partial charge in [-0.25, -0.2) is 9.18 Å². The molecule has 140 valence electrons. The van der Waals surface area contributed by atoms with E-state index in [1.54, 1.807) is 31.2 Å². The molecule has 27 heavy (non-hydrogen) atoms. The molecule has 0 fully saturated rings. The standard InChI is InChI=1S/C20H18FNO5/c1-11-16-9-14(21)6-7-17(16)27-19(11)12(2)22-20(25)13-4-3-5-15(8-13)26-10-18(23)24/h3-9,12H,10H2,1-2H3,(H,22,25)(H,23,24)/t12-/m0/s1. The molecule has 2 N–H and O–H groups in total. The van der Waals surface area contributed by atoms with Crippen LogP contribution in [0.4, 0.5) is 4.39 Å². The predicted octanol–water partition coefficient (Wildman–Crippen LogP) is 3.83. The molecule has 0 spiro atoms. The fourth-order valence-electron chi connectivity index (χ4n) is 2.84. The quantitative estimate of drug-likeness (QED) is 0.687. The molecule has 0 unspecified atom stereocenters. The average molecular weight is 371 g/mol. The number of aryl methyl sites for hydroxylation is 1. The van der Waals surface area contributed by atoms with E-state index in [1.165, 1.54) is 18.2 Å². The molecule has 2 aromatic carbocycles. The number of benzene rings is 2. The lowest BCUT2D eigenvalue weighted by atomic mass is 10.1. The molecule has 1 heterocycles. The van der Waals surface area contributed by atoms with Crippen LogP contribution in [0.5, 0.6) is 5.75 Å². The minimum atomic E-state index is -1.10. The van der Waals surface area contributed by atoms with Crippen LogP contribution in [0.2, 0.25) is 0 Å². The number of nitrogens with one attached hydrogen (secondary N) is 1. The minimum absolute atomic E-state index is 0.285. The zero-order valence-electron chi connectivity index (χ0n) is 14.8. The van der Waals surface area contributed by atoms with Crippen LogP contribution >= 0.6 is 0 Å². The number of aliphatic carboxylic acids is 1. The Labute approximate surface area is 154 Å². The van der Waals surface area contributed by atoms with Crippen LogP contribution in [0.1, 0.15) is 34.6 Å². The third-order valence-electron chi connectivity index (χ3n) is 4.13. The Morgan fingerprint density at radius 3 is 2.78 bits per heavy atom. The molecule has 0 aliphatic heterocycles. The van der Waals surface area contributed by atoms with Crippen LogP contribution < -0.4 is 10.1 Å². The number of carbonyl (C=O) groups is 2. The molecule has 7 heteroatoms. The normalized spacial score (nSPS) is 12.0. The van der Waals surface area contributed by atoms with Gasteiger partial charge in [0.1, 0.15) is 22.9 Å². The summed E-state index contributed by atoms with van der Waals surface area (Å²) >= 11 is 0. The first kappa shape index (κ1) is 18.4. The van der Waals surface area contributed by atoms with E-state index in [4.69, 9.17) is 14.3 Å². The molecule has 0 saturated heterocycles. The van der Waals surface area contributed by atoms with Gasteiger partial charge in [-0.3, -0.25) is 4.79 Å². The maximum atomic E-state index is 13.4. The Kier molecular flexibility index (Phi) is 5.12. The summed E-state index contributed by atoms with van der Waals surface area (Å²) in [5.41, 5.74) is 1.63. The molecule has 1 aromatic heterocycles. The summed E-state index contributed by atoms with van der Waals surface area (Å²) in [6, 6.07) is 10.1. The largest absolute Gasteiger partial charge is 0.482 e. The first-order chi connectivity index (χ1) is 12.8. The number of rotatable bonds is 6. The third-order valence-corrected chi connectivity index (χ3v) is 4.13. The van der Waals surface area contributed by atoms with Crippen molar-refractivity contribution in [2.75, 3.05) is 6.61 Å². The number of fused-ring (bicyclic) bond motifs is 1. The van der Waals surface area contributed by atoms with Gasteiger partial charge in [0.15, 0.2) is 6.61 Å². The number of carbonyl (C=O) groups excluding carboxylic acids is 1. The highest BCUT2D eigenvalue weighted by molar-refractivity contribution is 5.95. The molecule has 0 saturated carbocycles. The zero-order valence-corrected chi connectivity index (χ0v) is 14.8. The second kappa shape index (κ2) is 7.49. The fourth-order valence-corrected chi connectivity index (χ4v) is 2.84. The molecule has 6 nitrogen and oxygen atoms in total. The van der Waals surface area contributed by atoms with Crippen molar-refractivity contribution < 1.29 is 28.2 Å². The lowest BCUT2D eigenvalue weighted by molar-refractivity contribution is -0.139. The molecule has 0 radical (unpaired) electrons. The van der Waals surface area contributed by atoms with Gasteiger partial charge in [0, 0.05) is 16.5 Å². The molecule has 3 rings (SSSR count). The number of halogens is 1. The summed E-state index contributed by atoms with van der Waals surface area (Å²) in [4.78, 5) is 23.1. The van der Waals surface area contributed by atoms with Gasteiger partial charge in [0.25, 0.3) is 5.91 Å². The van der Waals surface area contributed by atoms with E-state index in [0.717, 1.165) is 5.56 Å². The number of carboxylic acid groups (broad SMARTS) is 1.